The lowest BCUT2D eigenvalue weighted by atomic mass is 9.85. The van der Waals surface area contributed by atoms with Crippen LogP contribution in [0.5, 0.6) is 0 Å². The summed E-state index contributed by atoms with van der Waals surface area (Å²) in [5.74, 6) is -0.702. The van der Waals surface area contributed by atoms with E-state index >= 15 is 0 Å². The number of rotatable bonds is 8. The van der Waals surface area contributed by atoms with Crippen LogP contribution in [0.25, 0.3) is 0 Å². The Kier molecular flexibility index (Phi) is 6.23. The summed E-state index contributed by atoms with van der Waals surface area (Å²) in [4.78, 5) is 15.7. The van der Waals surface area contributed by atoms with Gasteiger partial charge < -0.3 is 20.6 Å². The molecule has 1 aliphatic rings. The Labute approximate surface area is 116 Å². The van der Waals surface area contributed by atoms with Crippen molar-refractivity contribution in [3.8, 4) is 0 Å². The fraction of sp³-hybridized carbons (Fsp3) is 0.929. The normalized spacial score (nSPS) is 27.4. The van der Waals surface area contributed by atoms with Gasteiger partial charge in [-0.2, -0.15) is 0 Å². The van der Waals surface area contributed by atoms with Crippen molar-refractivity contribution in [1.29, 1.82) is 0 Å². The van der Waals surface area contributed by atoms with E-state index in [9.17, 15) is 9.90 Å². The number of nitrogens with zero attached hydrogens (tertiary/aromatic N) is 2. The molecule has 19 heavy (non-hydrogen) atoms. The number of carboxylic acids is 1. The third kappa shape index (κ3) is 4.75. The van der Waals surface area contributed by atoms with E-state index in [1.807, 2.05) is 0 Å². The average Bonchev–Trinajstić information content (AvgIpc) is 2.69. The van der Waals surface area contributed by atoms with E-state index in [0.29, 0.717) is 6.42 Å². The zero-order valence-corrected chi connectivity index (χ0v) is 12.6. The Morgan fingerprint density at radius 1 is 1.32 bits per heavy atom. The van der Waals surface area contributed by atoms with Crippen LogP contribution in [0.15, 0.2) is 0 Å². The molecule has 0 radical (unpaired) electrons. The minimum Gasteiger partial charge on any atom is -0.480 e. The molecule has 0 aromatic rings. The van der Waals surface area contributed by atoms with Crippen molar-refractivity contribution in [1.82, 2.24) is 9.80 Å². The molecule has 2 atom stereocenters. The molecule has 1 rings (SSSR count). The Bertz CT molecular complexity index is 296. The molecular formula is C14H29N3O2. The lowest BCUT2D eigenvalue weighted by Crippen LogP contribution is -2.51. The summed E-state index contributed by atoms with van der Waals surface area (Å²) in [6.07, 6.45) is 4.55. The van der Waals surface area contributed by atoms with Gasteiger partial charge in [0.15, 0.2) is 0 Å². The van der Waals surface area contributed by atoms with Crippen molar-refractivity contribution in [2.45, 2.75) is 37.6 Å². The molecule has 0 aromatic carbocycles. The van der Waals surface area contributed by atoms with Gasteiger partial charge in [0, 0.05) is 0 Å². The lowest BCUT2D eigenvalue weighted by molar-refractivity contribution is -0.144. The van der Waals surface area contributed by atoms with E-state index in [1.165, 1.54) is 0 Å². The van der Waals surface area contributed by atoms with E-state index in [0.717, 1.165) is 45.3 Å². The molecule has 0 aromatic heterocycles. The van der Waals surface area contributed by atoms with Gasteiger partial charge in [0.2, 0.25) is 0 Å². The van der Waals surface area contributed by atoms with Crippen molar-refractivity contribution in [3.05, 3.63) is 0 Å². The fourth-order valence-electron chi connectivity index (χ4n) is 2.93. The average molecular weight is 271 g/mol. The number of aliphatic carboxylic acids is 1. The maximum absolute atomic E-state index is 11.3. The largest absolute Gasteiger partial charge is 0.480 e. The standard InChI is InChI=1S/C14H29N3O2/c1-16(2)9-5-10-17(3)11-7-12-6-4-8-14(12,15)13(18)19/h12H,4-11,15H2,1-3H3,(H,18,19). The summed E-state index contributed by atoms with van der Waals surface area (Å²) in [5.41, 5.74) is 5.07. The van der Waals surface area contributed by atoms with Gasteiger partial charge in [0.05, 0.1) is 0 Å². The molecule has 0 bridgehead atoms. The second kappa shape index (κ2) is 7.22. The molecule has 1 saturated carbocycles. The van der Waals surface area contributed by atoms with Gasteiger partial charge in [-0.3, -0.25) is 4.79 Å². The minimum absolute atomic E-state index is 0.126. The lowest BCUT2D eigenvalue weighted by Gasteiger charge is -2.28. The van der Waals surface area contributed by atoms with Crippen molar-refractivity contribution >= 4 is 5.97 Å². The first-order valence-corrected chi connectivity index (χ1v) is 7.22. The van der Waals surface area contributed by atoms with Gasteiger partial charge in [-0.1, -0.05) is 6.42 Å². The molecule has 5 nitrogen and oxygen atoms in total. The summed E-state index contributed by atoms with van der Waals surface area (Å²) in [6.45, 7) is 3.07. The monoisotopic (exact) mass is 271 g/mol. The Hall–Kier alpha value is -0.650. The van der Waals surface area contributed by atoms with Gasteiger partial charge in [0.25, 0.3) is 0 Å². The first kappa shape index (κ1) is 16.4. The maximum Gasteiger partial charge on any atom is 0.323 e. The third-order valence-corrected chi connectivity index (χ3v) is 4.27. The van der Waals surface area contributed by atoms with Gasteiger partial charge in [-0.15, -0.1) is 0 Å². The summed E-state index contributed by atoms with van der Waals surface area (Å²) in [5, 5.41) is 9.27. The van der Waals surface area contributed by atoms with Crippen molar-refractivity contribution in [2.75, 3.05) is 40.8 Å². The van der Waals surface area contributed by atoms with Crippen LogP contribution in [0.4, 0.5) is 0 Å². The highest BCUT2D eigenvalue weighted by Crippen LogP contribution is 2.36. The highest BCUT2D eigenvalue weighted by Gasteiger charge is 2.45. The Balaban J connectivity index is 2.29. The summed E-state index contributed by atoms with van der Waals surface area (Å²) in [7, 11) is 6.26. The van der Waals surface area contributed by atoms with E-state index in [-0.39, 0.29) is 5.92 Å². The van der Waals surface area contributed by atoms with Gasteiger partial charge in [-0.25, -0.2) is 0 Å². The molecule has 0 heterocycles. The SMILES string of the molecule is CN(C)CCCN(C)CCC1CCCC1(N)C(=O)O. The fourth-order valence-corrected chi connectivity index (χ4v) is 2.93. The van der Waals surface area contributed by atoms with Crippen LogP contribution in [0, 0.1) is 5.92 Å². The van der Waals surface area contributed by atoms with Crippen LogP contribution in [0.2, 0.25) is 0 Å². The predicted molar refractivity (Wildman–Crippen MR) is 77.2 cm³/mol. The molecule has 3 N–H and O–H groups in total. The van der Waals surface area contributed by atoms with Crippen molar-refractivity contribution < 1.29 is 9.90 Å². The van der Waals surface area contributed by atoms with Crippen molar-refractivity contribution in [2.24, 2.45) is 11.7 Å². The predicted octanol–water partition coefficient (Wildman–Crippen LogP) is 0.842. The van der Waals surface area contributed by atoms with E-state index in [4.69, 9.17) is 5.73 Å². The van der Waals surface area contributed by atoms with Crippen LogP contribution in [-0.4, -0.2) is 67.2 Å². The molecule has 2 unspecified atom stereocenters. The molecule has 0 saturated heterocycles. The van der Waals surface area contributed by atoms with Gasteiger partial charge in [-0.05, 0) is 72.4 Å². The summed E-state index contributed by atoms with van der Waals surface area (Å²) < 4.78 is 0. The van der Waals surface area contributed by atoms with E-state index in [1.54, 1.807) is 0 Å². The number of hydrogen-bond acceptors (Lipinski definition) is 4. The maximum atomic E-state index is 11.3. The number of carboxylic acid groups (broad SMARTS) is 1. The Morgan fingerprint density at radius 3 is 2.58 bits per heavy atom. The molecule has 0 amide bonds. The second-order valence-corrected chi connectivity index (χ2v) is 6.18. The van der Waals surface area contributed by atoms with Crippen LogP contribution in [0.3, 0.4) is 0 Å². The smallest absolute Gasteiger partial charge is 0.323 e. The molecule has 112 valence electrons. The highest BCUT2D eigenvalue weighted by atomic mass is 16.4. The summed E-state index contributed by atoms with van der Waals surface area (Å²) >= 11 is 0. The molecular weight excluding hydrogens is 242 g/mol. The van der Waals surface area contributed by atoms with Gasteiger partial charge in [0.1, 0.15) is 5.54 Å². The second-order valence-electron chi connectivity index (χ2n) is 6.18. The highest BCUT2D eigenvalue weighted by molar-refractivity contribution is 5.79. The minimum atomic E-state index is -0.982. The quantitative estimate of drug-likeness (QED) is 0.685. The third-order valence-electron chi connectivity index (χ3n) is 4.27. The van der Waals surface area contributed by atoms with Gasteiger partial charge >= 0.3 is 5.97 Å². The summed E-state index contributed by atoms with van der Waals surface area (Å²) in [6, 6.07) is 0. The molecule has 0 aliphatic heterocycles. The van der Waals surface area contributed by atoms with Crippen molar-refractivity contribution in [3.63, 3.8) is 0 Å². The molecule has 0 spiro atoms. The first-order chi connectivity index (χ1) is 8.86. The number of hydrogen-bond donors (Lipinski definition) is 2. The molecule has 1 aliphatic carbocycles. The topological polar surface area (TPSA) is 69.8 Å². The zero-order valence-electron chi connectivity index (χ0n) is 12.6. The van der Waals surface area contributed by atoms with Crippen LogP contribution in [0.1, 0.15) is 32.1 Å². The van der Waals surface area contributed by atoms with Crippen LogP contribution >= 0.6 is 0 Å². The van der Waals surface area contributed by atoms with Crippen LogP contribution < -0.4 is 5.73 Å². The zero-order chi connectivity index (χ0) is 14.5. The Morgan fingerprint density at radius 2 is 2.00 bits per heavy atom. The molecule has 5 heteroatoms. The molecule has 1 fully saturated rings. The first-order valence-electron chi connectivity index (χ1n) is 7.22. The number of carbonyl (C=O) groups is 1. The number of nitrogens with two attached hydrogens (primary N) is 1. The van der Waals surface area contributed by atoms with E-state index in [2.05, 4.69) is 30.9 Å². The van der Waals surface area contributed by atoms with Crippen LogP contribution in [-0.2, 0) is 4.79 Å². The van der Waals surface area contributed by atoms with E-state index < -0.39 is 11.5 Å².